The summed E-state index contributed by atoms with van der Waals surface area (Å²) in [5.74, 6) is 0.405. The highest BCUT2D eigenvalue weighted by Gasteiger charge is 2.38. The summed E-state index contributed by atoms with van der Waals surface area (Å²) < 4.78 is 11.0. The summed E-state index contributed by atoms with van der Waals surface area (Å²) in [6.07, 6.45) is 11.1. The molecular formula is C13H16O3. The van der Waals surface area contributed by atoms with Gasteiger partial charge in [0, 0.05) is 18.4 Å². The summed E-state index contributed by atoms with van der Waals surface area (Å²) in [7, 11) is 0. The number of rotatable bonds is 2. The molecule has 3 rings (SSSR count). The smallest absolute Gasteiger partial charge is 0.335 e. The lowest BCUT2D eigenvalue weighted by Crippen LogP contribution is -2.34. The van der Waals surface area contributed by atoms with Gasteiger partial charge in [0.1, 0.15) is 6.10 Å². The molecule has 3 aliphatic rings. The SMILES string of the molecule is O=C(OC1C2C=CC1C=C2)C1CCCCO1. The summed E-state index contributed by atoms with van der Waals surface area (Å²) in [6, 6.07) is 0. The molecule has 1 atom stereocenters. The van der Waals surface area contributed by atoms with Crippen LogP contribution in [-0.4, -0.2) is 24.8 Å². The van der Waals surface area contributed by atoms with Crippen LogP contribution in [0.15, 0.2) is 24.3 Å². The molecule has 0 spiro atoms. The van der Waals surface area contributed by atoms with Crippen molar-refractivity contribution < 1.29 is 14.3 Å². The van der Waals surface area contributed by atoms with E-state index in [9.17, 15) is 4.79 Å². The van der Waals surface area contributed by atoms with E-state index in [1.165, 1.54) is 0 Å². The predicted octanol–water partition coefficient (Wildman–Crippen LogP) is 1.84. The van der Waals surface area contributed by atoms with Crippen LogP contribution in [0.3, 0.4) is 0 Å². The zero-order valence-electron chi connectivity index (χ0n) is 9.17. The molecule has 3 heteroatoms. The number of carbonyl (C=O) groups excluding carboxylic acids is 1. The summed E-state index contributed by atoms with van der Waals surface area (Å²) >= 11 is 0. The first-order chi connectivity index (χ1) is 7.84. The van der Waals surface area contributed by atoms with Gasteiger partial charge in [-0.1, -0.05) is 24.3 Å². The Hall–Kier alpha value is -1.09. The van der Waals surface area contributed by atoms with Crippen molar-refractivity contribution in [2.75, 3.05) is 6.61 Å². The minimum atomic E-state index is -0.325. The number of ether oxygens (including phenoxy) is 2. The van der Waals surface area contributed by atoms with Crippen LogP contribution in [0.25, 0.3) is 0 Å². The van der Waals surface area contributed by atoms with Gasteiger partial charge in [-0.15, -0.1) is 0 Å². The molecule has 1 unspecified atom stereocenters. The maximum Gasteiger partial charge on any atom is 0.335 e. The molecule has 1 saturated heterocycles. The maximum absolute atomic E-state index is 11.9. The van der Waals surface area contributed by atoms with Gasteiger partial charge in [0.25, 0.3) is 0 Å². The Bertz CT molecular complexity index is 309. The minimum Gasteiger partial charge on any atom is -0.459 e. The van der Waals surface area contributed by atoms with E-state index in [0.29, 0.717) is 6.61 Å². The van der Waals surface area contributed by atoms with E-state index in [4.69, 9.17) is 9.47 Å². The van der Waals surface area contributed by atoms with E-state index in [-0.39, 0.29) is 30.0 Å². The molecule has 1 fully saturated rings. The van der Waals surface area contributed by atoms with Crippen LogP contribution in [0.2, 0.25) is 0 Å². The highest BCUT2D eigenvalue weighted by atomic mass is 16.6. The molecule has 0 saturated carbocycles. The molecule has 1 aliphatic heterocycles. The molecule has 0 radical (unpaired) electrons. The van der Waals surface area contributed by atoms with Crippen LogP contribution in [0.1, 0.15) is 19.3 Å². The Morgan fingerprint density at radius 1 is 1.12 bits per heavy atom. The number of hydrogen-bond donors (Lipinski definition) is 0. The number of fused-ring (bicyclic) bond motifs is 2. The van der Waals surface area contributed by atoms with Gasteiger partial charge in [-0.3, -0.25) is 0 Å². The second-order valence-electron chi connectivity index (χ2n) is 4.68. The third-order valence-electron chi connectivity index (χ3n) is 3.56. The zero-order valence-corrected chi connectivity index (χ0v) is 9.17. The molecule has 1 heterocycles. The number of hydrogen-bond acceptors (Lipinski definition) is 3. The van der Waals surface area contributed by atoms with Gasteiger partial charge in [-0.25, -0.2) is 4.79 Å². The molecule has 2 aliphatic carbocycles. The molecule has 2 bridgehead atoms. The molecule has 0 aromatic carbocycles. The van der Waals surface area contributed by atoms with E-state index in [1.807, 2.05) is 0 Å². The Morgan fingerprint density at radius 2 is 1.81 bits per heavy atom. The van der Waals surface area contributed by atoms with Gasteiger partial charge >= 0.3 is 5.97 Å². The number of esters is 1. The fourth-order valence-corrected chi connectivity index (χ4v) is 2.63. The van der Waals surface area contributed by atoms with Crippen LogP contribution < -0.4 is 0 Å². The van der Waals surface area contributed by atoms with Crippen molar-refractivity contribution in [1.29, 1.82) is 0 Å². The maximum atomic E-state index is 11.9. The molecule has 16 heavy (non-hydrogen) atoms. The second-order valence-corrected chi connectivity index (χ2v) is 4.68. The van der Waals surface area contributed by atoms with Crippen molar-refractivity contribution in [1.82, 2.24) is 0 Å². The highest BCUT2D eigenvalue weighted by molar-refractivity contribution is 5.75. The average Bonchev–Trinajstić information content (AvgIpc) is 2.90. The fourth-order valence-electron chi connectivity index (χ4n) is 2.63. The van der Waals surface area contributed by atoms with Crippen molar-refractivity contribution in [3.8, 4) is 0 Å². The van der Waals surface area contributed by atoms with E-state index < -0.39 is 0 Å². The molecule has 86 valence electrons. The summed E-state index contributed by atoms with van der Waals surface area (Å²) in [5.41, 5.74) is 0. The standard InChI is InChI=1S/C13H16O3/c14-13(11-3-1-2-8-15-11)16-12-9-4-5-10(12)7-6-9/h4-7,9-12H,1-3,8H2. The van der Waals surface area contributed by atoms with Crippen LogP contribution in [0.4, 0.5) is 0 Å². The van der Waals surface area contributed by atoms with Gasteiger partial charge in [-0.05, 0) is 19.3 Å². The zero-order chi connectivity index (χ0) is 11.0. The first-order valence-electron chi connectivity index (χ1n) is 6.03. The molecule has 0 aromatic heterocycles. The van der Waals surface area contributed by atoms with Gasteiger partial charge in [0.15, 0.2) is 6.10 Å². The van der Waals surface area contributed by atoms with E-state index in [2.05, 4.69) is 24.3 Å². The van der Waals surface area contributed by atoms with E-state index in [0.717, 1.165) is 19.3 Å². The lowest BCUT2D eigenvalue weighted by molar-refractivity contribution is -0.166. The normalized spacial score (nSPS) is 40.2. The van der Waals surface area contributed by atoms with Gasteiger partial charge < -0.3 is 9.47 Å². The summed E-state index contributed by atoms with van der Waals surface area (Å²) in [5, 5.41) is 0. The van der Waals surface area contributed by atoms with Gasteiger partial charge in [0.2, 0.25) is 0 Å². The number of carbonyl (C=O) groups is 1. The Morgan fingerprint density at radius 3 is 2.38 bits per heavy atom. The monoisotopic (exact) mass is 220 g/mol. The molecular weight excluding hydrogens is 204 g/mol. The van der Waals surface area contributed by atoms with Gasteiger partial charge in [0.05, 0.1) is 0 Å². The minimum absolute atomic E-state index is 0.00183. The third-order valence-corrected chi connectivity index (χ3v) is 3.56. The van der Waals surface area contributed by atoms with Crippen molar-refractivity contribution >= 4 is 5.97 Å². The largest absolute Gasteiger partial charge is 0.459 e. The average molecular weight is 220 g/mol. The summed E-state index contributed by atoms with van der Waals surface area (Å²) in [4.78, 5) is 11.9. The quantitative estimate of drug-likeness (QED) is 0.526. The van der Waals surface area contributed by atoms with Crippen molar-refractivity contribution in [2.24, 2.45) is 11.8 Å². The highest BCUT2D eigenvalue weighted by Crippen LogP contribution is 2.35. The Kier molecular flexibility index (Phi) is 2.56. The second kappa shape index (κ2) is 4.06. The molecule has 0 N–H and O–H groups in total. The lowest BCUT2D eigenvalue weighted by Gasteiger charge is -2.24. The van der Waals surface area contributed by atoms with Crippen LogP contribution in [0, 0.1) is 11.8 Å². The molecule has 0 amide bonds. The molecule has 0 aromatic rings. The van der Waals surface area contributed by atoms with Crippen molar-refractivity contribution in [3.63, 3.8) is 0 Å². The van der Waals surface area contributed by atoms with E-state index >= 15 is 0 Å². The van der Waals surface area contributed by atoms with Crippen molar-refractivity contribution in [2.45, 2.75) is 31.5 Å². The Labute approximate surface area is 95.1 Å². The third kappa shape index (κ3) is 1.69. The fraction of sp³-hybridized carbons (Fsp3) is 0.615. The Balaban J connectivity index is 1.57. The van der Waals surface area contributed by atoms with Crippen LogP contribution in [0.5, 0.6) is 0 Å². The van der Waals surface area contributed by atoms with Crippen molar-refractivity contribution in [3.05, 3.63) is 24.3 Å². The predicted molar refractivity (Wildman–Crippen MR) is 58.7 cm³/mol. The lowest BCUT2D eigenvalue weighted by atomic mass is 10.1. The molecule has 3 nitrogen and oxygen atoms in total. The topological polar surface area (TPSA) is 35.5 Å². The first kappa shape index (κ1) is 10.1. The van der Waals surface area contributed by atoms with Crippen LogP contribution in [-0.2, 0) is 14.3 Å². The van der Waals surface area contributed by atoms with Crippen LogP contribution >= 0.6 is 0 Å². The van der Waals surface area contributed by atoms with Gasteiger partial charge in [-0.2, -0.15) is 0 Å². The first-order valence-corrected chi connectivity index (χ1v) is 6.03. The summed E-state index contributed by atoms with van der Waals surface area (Å²) in [6.45, 7) is 0.688. The van der Waals surface area contributed by atoms with E-state index in [1.54, 1.807) is 0 Å².